The molecule has 0 amide bonds. The summed E-state index contributed by atoms with van der Waals surface area (Å²) < 4.78 is 35.7. The van der Waals surface area contributed by atoms with Crippen molar-refractivity contribution < 1.29 is 24.9 Å². The zero-order valence-electron chi connectivity index (χ0n) is 16.7. The number of carboxylic acids is 1. The van der Waals surface area contributed by atoms with Gasteiger partial charge in [-0.2, -0.15) is 0 Å². The number of esters is 1. The van der Waals surface area contributed by atoms with E-state index in [0.717, 1.165) is 12.8 Å². The molecule has 4 nitrogen and oxygen atoms in total. The molecule has 0 fully saturated rings. The smallest absolute Gasteiger partial charge is 0.339 e. The third kappa shape index (κ3) is 5.21. The Hall–Kier alpha value is -1.84. The summed E-state index contributed by atoms with van der Waals surface area (Å²) in [7, 11) is 0. The first-order valence-corrected chi connectivity index (χ1v) is 7.14. The second kappa shape index (κ2) is 8.45. The number of carbonyl (C=O) groups excluding carboxylic acids is 1. The van der Waals surface area contributed by atoms with Crippen LogP contribution in [0.1, 0.15) is 66.2 Å². The Morgan fingerprint density at radius 2 is 1.76 bits per heavy atom. The van der Waals surface area contributed by atoms with E-state index in [2.05, 4.69) is 13.8 Å². The molecule has 0 aliphatic rings. The van der Waals surface area contributed by atoms with Crippen LogP contribution in [0.4, 0.5) is 0 Å². The molecule has 1 aromatic carbocycles. The van der Waals surface area contributed by atoms with Gasteiger partial charge in [0, 0.05) is 0 Å². The summed E-state index contributed by atoms with van der Waals surface area (Å²) in [5, 5.41) is 9.22. The fourth-order valence-electron chi connectivity index (χ4n) is 2.06. The number of aromatic carboxylic acids is 1. The molecule has 0 saturated heterocycles. The molecule has 4 heteroatoms. The van der Waals surface area contributed by atoms with E-state index in [-0.39, 0.29) is 6.61 Å². The van der Waals surface area contributed by atoms with Crippen molar-refractivity contribution in [1.29, 1.82) is 0 Å². The SMILES string of the molecule is [2H]c1c([2H])c([2H])c(C(=O)OCCC(C)C(C)CCC)c(C(=O)O)c1[2H]. The lowest BCUT2D eigenvalue weighted by Crippen LogP contribution is -2.15. The molecule has 0 saturated carbocycles. The van der Waals surface area contributed by atoms with E-state index in [1.54, 1.807) is 0 Å². The molecule has 0 aliphatic carbocycles. The first-order chi connectivity index (χ1) is 11.6. The summed E-state index contributed by atoms with van der Waals surface area (Å²) in [5.41, 5.74) is -1.39. The van der Waals surface area contributed by atoms with Gasteiger partial charge in [-0.15, -0.1) is 0 Å². The highest BCUT2D eigenvalue weighted by molar-refractivity contribution is 6.02. The maximum Gasteiger partial charge on any atom is 0.339 e. The lowest BCUT2D eigenvalue weighted by molar-refractivity contribution is 0.0465. The van der Waals surface area contributed by atoms with Crippen LogP contribution < -0.4 is 0 Å². The Kier molecular flexibility index (Phi) is 4.74. The molecule has 0 aromatic heterocycles. The van der Waals surface area contributed by atoms with Gasteiger partial charge in [0.2, 0.25) is 0 Å². The molecule has 0 radical (unpaired) electrons. The third-order valence-electron chi connectivity index (χ3n) is 3.63. The standard InChI is InChI=1S/C17H24O4/c1-4-7-12(2)13(3)10-11-21-17(20)15-9-6-5-8-14(15)16(18)19/h5-6,8-9,12-13H,4,7,10-11H2,1-3H3,(H,18,19)/i5D,6D,8D,9D. The second-order valence-electron chi connectivity index (χ2n) is 5.22. The van der Waals surface area contributed by atoms with Crippen LogP contribution in [0.15, 0.2) is 24.2 Å². The number of ether oxygens (including phenoxy) is 1. The number of benzene rings is 1. The van der Waals surface area contributed by atoms with Crippen molar-refractivity contribution in [1.82, 2.24) is 0 Å². The molecule has 0 bridgehead atoms. The van der Waals surface area contributed by atoms with Crippen molar-refractivity contribution in [3.63, 3.8) is 0 Å². The highest BCUT2D eigenvalue weighted by atomic mass is 16.5. The van der Waals surface area contributed by atoms with Gasteiger partial charge in [-0.05, 0) is 30.3 Å². The van der Waals surface area contributed by atoms with E-state index in [1.807, 2.05) is 6.92 Å². The first-order valence-electron chi connectivity index (χ1n) is 9.14. The lowest BCUT2D eigenvalue weighted by Gasteiger charge is -2.19. The van der Waals surface area contributed by atoms with E-state index in [0.29, 0.717) is 18.3 Å². The van der Waals surface area contributed by atoms with Crippen LogP contribution in [0.5, 0.6) is 0 Å². The van der Waals surface area contributed by atoms with Gasteiger partial charge in [0.25, 0.3) is 0 Å². The van der Waals surface area contributed by atoms with Crippen molar-refractivity contribution in [3.05, 3.63) is 35.3 Å². The fraction of sp³-hybridized carbons (Fsp3) is 0.529. The van der Waals surface area contributed by atoms with E-state index in [4.69, 9.17) is 10.2 Å². The Morgan fingerprint density at radius 1 is 1.19 bits per heavy atom. The molecule has 0 aliphatic heterocycles. The third-order valence-corrected chi connectivity index (χ3v) is 3.63. The summed E-state index contributed by atoms with van der Waals surface area (Å²) >= 11 is 0. The average Bonchev–Trinajstić information content (AvgIpc) is 2.55. The van der Waals surface area contributed by atoms with Crippen molar-refractivity contribution in [3.8, 4) is 0 Å². The summed E-state index contributed by atoms with van der Waals surface area (Å²) in [6.45, 7) is 6.33. The summed E-state index contributed by atoms with van der Waals surface area (Å²) in [6.07, 6.45) is 2.72. The van der Waals surface area contributed by atoms with Crippen molar-refractivity contribution >= 4 is 11.9 Å². The molecule has 1 N–H and O–H groups in total. The highest BCUT2D eigenvalue weighted by Crippen LogP contribution is 2.20. The van der Waals surface area contributed by atoms with Crippen molar-refractivity contribution in [2.75, 3.05) is 6.61 Å². The number of hydrogen-bond donors (Lipinski definition) is 1. The Labute approximate surface area is 131 Å². The Balaban J connectivity index is 2.97. The lowest BCUT2D eigenvalue weighted by atomic mass is 9.90. The van der Waals surface area contributed by atoms with Crippen LogP contribution in [0.3, 0.4) is 0 Å². The fourth-order valence-corrected chi connectivity index (χ4v) is 2.06. The number of carbonyl (C=O) groups is 2. The predicted molar refractivity (Wildman–Crippen MR) is 81.5 cm³/mol. The first kappa shape index (κ1) is 11.8. The maximum atomic E-state index is 12.3. The van der Waals surface area contributed by atoms with Gasteiger partial charge < -0.3 is 9.84 Å². The zero-order valence-corrected chi connectivity index (χ0v) is 12.7. The maximum absolute atomic E-state index is 12.3. The average molecular weight is 296 g/mol. The van der Waals surface area contributed by atoms with Crippen LogP contribution >= 0.6 is 0 Å². The van der Waals surface area contributed by atoms with Gasteiger partial charge in [-0.3, -0.25) is 0 Å². The van der Waals surface area contributed by atoms with Crippen LogP contribution in [0.2, 0.25) is 0 Å². The van der Waals surface area contributed by atoms with Gasteiger partial charge in [0.05, 0.1) is 23.2 Å². The van der Waals surface area contributed by atoms with Crippen LogP contribution in [0.25, 0.3) is 0 Å². The number of carboxylic acid groups (broad SMARTS) is 1. The minimum Gasteiger partial charge on any atom is -0.478 e. The predicted octanol–water partition coefficient (Wildman–Crippen LogP) is 4.00. The quantitative estimate of drug-likeness (QED) is 0.736. The molecule has 116 valence electrons. The largest absolute Gasteiger partial charge is 0.478 e. The van der Waals surface area contributed by atoms with Crippen LogP contribution in [0, 0.1) is 11.8 Å². The van der Waals surface area contributed by atoms with Crippen LogP contribution in [-0.2, 0) is 4.74 Å². The minimum atomic E-state index is -1.59. The monoisotopic (exact) mass is 296 g/mol. The zero-order chi connectivity index (χ0) is 19.3. The second-order valence-corrected chi connectivity index (χ2v) is 5.22. The van der Waals surface area contributed by atoms with Gasteiger partial charge in [-0.1, -0.05) is 45.7 Å². The van der Waals surface area contributed by atoms with E-state index in [1.165, 1.54) is 0 Å². The van der Waals surface area contributed by atoms with Crippen LogP contribution in [-0.4, -0.2) is 23.7 Å². The molecule has 2 atom stereocenters. The van der Waals surface area contributed by atoms with Gasteiger partial charge in [0.15, 0.2) is 0 Å². The number of rotatable bonds is 8. The molecular weight excluding hydrogens is 268 g/mol. The van der Waals surface area contributed by atoms with Gasteiger partial charge >= 0.3 is 11.9 Å². The van der Waals surface area contributed by atoms with Gasteiger partial charge in [0.1, 0.15) is 0 Å². The summed E-state index contributed by atoms with van der Waals surface area (Å²) in [4.78, 5) is 23.6. The molecule has 2 unspecified atom stereocenters. The van der Waals surface area contributed by atoms with Crippen molar-refractivity contribution in [2.24, 2.45) is 11.8 Å². The van der Waals surface area contributed by atoms with E-state index in [9.17, 15) is 14.7 Å². The molecular formula is C17H24O4. The Morgan fingerprint density at radius 3 is 2.33 bits per heavy atom. The number of hydrogen-bond acceptors (Lipinski definition) is 3. The summed E-state index contributed by atoms with van der Waals surface area (Å²) in [6, 6.07) is -2.81. The highest BCUT2D eigenvalue weighted by Gasteiger charge is 2.18. The normalized spacial score (nSPS) is 16.1. The molecule has 1 aromatic rings. The molecule has 1 rings (SSSR count). The molecule has 0 spiro atoms. The molecule has 21 heavy (non-hydrogen) atoms. The van der Waals surface area contributed by atoms with Gasteiger partial charge in [-0.25, -0.2) is 9.59 Å². The van der Waals surface area contributed by atoms with E-state index >= 15 is 0 Å². The topological polar surface area (TPSA) is 63.6 Å². The molecule has 0 heterocycles. The Bertz CT molecular complexity index is 661. The minimum absolute atomic E-state index is 0.0653. The summed E-state index contributed by atoms with van der Waals surface area (Å²) in [5.74, 6) is -1.85. The van der Waals surface area contributed by atoms with Crippen molar-refractivity contribution in [2.45, 2.75) is 40.0 Å². The van der Waals surface area contributed by atoms with E-state index < -0.39 is 47.2 Å².